The average Bonchev–Trinajstić information content (AvgIpc) is 3.22. The fraction of sp³-hybridized carbons (Fsp3) is 0.400. The highest BCUT2D eigenvalue weighted by Crippen LogP contribution is 2.38. The van der Waals surface area contributed by atoms with Gasteiger partial charge in [-0.2, -0.15) is 5.10 Å². The zero-order chi connectivity index (χ0) is 14.8. The van der Waals surface area contributed by atoms with Gasteiger partial charge >= 0.3 is 0 Å². The third-order valence-corrected chi connectivity index (χ3v) is 3.43. The summed E-state index contributed by atoms with van der Waals surface area (Å²) in [4.78, 5) is 16.3. The van der Waals surface area contributed by atoms with E-state index in [1.807, 2.05) is 12.1 Å². The smallest absolute Gasteiger partial charge is 0.251 e. The summed E-state index contributed by atoms with van der Waals surface area (Å²) in [7, 11) is 0. The van der Waals surface area contributed by atoms with Gasteiger partial charge in [0.15, 0.2) is 5.82 Å². The first kappa shape index (κ1) is 13.8. The summed E-state index contributed by atoms with van der Waals surface area (Å²) in [5, 5.41) is 19.0. The van der Waals surface area contributed by atoms with Crippen molar-refractivity contribution in [2.24, 2.45) is 0 Å². The molecule has 1 unspecified atom stereocenters. The molecule has 1 fully saturated rings. The number of amides is 1. The van der Waals surface area contributed by atoms with E-state index < -0.39 is 6.10 Å². The lowest BCUT2D eigenvalue weighted by Gasteiger charge is -2.07. The molecular formula is C15H18N4O2. The van der Waals surface area contributed by atoms with Gasteiger partial charge in [-0.1, -0.05) is 12.1 Å². The number of aromatic amines is 1. The lowest BCUT2D eigenvalue weighted by Crippen LogP contribution is -2.30. The number of benzene rings is 1. The molecule has 1 heterocycles. The molecule has 0 saturated heterocycles. The van der Waals surface area contributed by atoms with Crippen LogP contribution in [0.3, 0.4) is 0 Å². The second kappa shape index (κ2) is 5.65. The lowest BCUT2D eigenvalue weighted by atomic mass is 10.1. The third kappa shape index (κ3) is 3.28. The molecule has 6 nitrogen and oxygen atoms in total. The van der Waals surface area contributed by atoms with Crippen molar-refractivity contribution in [2.75, 3.05) is 6.54 Å². The number of rotatable bonds is 5. The number of carbonyl (C=O) groups excluding carboxylic acids is 1. The minimum atomic E-state index is -0.553. The molecule has 3 rings (SSSR count). The monoisotopic (exact) mass is 286 g/mol. The molecule has 1 aliphatic carbocycles. The first-order valence-corrected chi connectivity index (χ1v) is 7.12. The maximum absolute atomic E-state index is 11.8. The fourth-order valence-electron chi connectivity index (χ4n) is 2.06. The van der Waals surface area contributed by atoms with E-state index in [1.54, 1.807) is 19.1 Å². The van der Waals surface area contributed by atoms with E-state index in [0.717, 1.165) is 11.4 Å². The van der Waals surface area contributed by atoms with Crippen molar-refractivity contribution in [1.29, 1.82) is 0 Å². The molecule has 1 amide bonds. The number of aromatic nitrogens is 3. The minimum absolute atomic E-state index is 0.198. The van der Waals surface area contributed by atoms with Crippen LogP contribution in [0.5, 0.6) is 0 Å². The lowest BCUT2D eigenvalue weighted by molar-refractivity contribution is 0.0924. The molecule has 0 spiro atoms. The highest BCUT2D eigenvalue weighted by atomic mass is 16.3. The number of hydrogen-bond acceptors (Lipinski definition) is 4. The standard InChI is InChI=1S/C15H18N4O2/c1-9(20)8-16-15(21)12-6-4-11(5-7-12)14-17-13(18-19-14)10-2-3-10/h4-7,9-10,20H,2-3,8H2,1H3,(H,16,21)(H,17,18,19). The summed E-state index contributed by atoms with van der Waals surface area (Å²) in [5.74, 6) is 1.95. The number of aliphatic hydroxyl groups excluding tert-OH is 1. The normalized spacial score (nSPS) is 15.7. The van der Waals surface area contributed by atoms with E-state index in [2.05, 4.69) is 20.5 Å². The summed E-state index contributed by atoms with van der Waals surface area (Å²) in [6.07, 6.45) is 1.80. The van der Waals surface area contributed by atoms with Crippen LogP contribution in [0.2, 0.25) is 0 Å². The van der Waals surface area contributed by atoms with Crippen LogP contribution in [0.4, 0.5) is 0 Å². The topological polar surface area (TPSA) is 90.9 Å². The van der Waals surface area contributed by atoms with Crippen molar-refractivity contribution in [3.8, 4) is 11.4 Å². The Bertz CT molecular complexity index is 629. The van der Waals surface area contributed by atoms with Crippen LogP contribution < -0.4 is 5.32 Å². The van der Waals surface area contributed by atoms with Crippen molar-refractivity contribution < 1.29 is 9.90 Å². The van der Waals surface area contributed by atoms with Crippen LogP contribution in [-0.2, 0) is 0 Å². The van der Waals surface area contributed by atoms with Crippen LogP contribution >= 0.6 is 0 Å². The Labute approximate surface area is 122 Å². The molecule has 1 aromatic carbocycles. The number of carbonyl (C=O) groups is 1. The van der Waals surface area contributed by atoms with E-state index in [9.17, 15) is 4.79 Å². The Balaban J connectivity index is 1.69. The Morgan fingerprint density at radius 3 is 2.76 bits per heavy atom. The van der Waals surface area contributed by atoms with Gasteiger partial charge in [-0.25, -0.2) is 4.98 Å². The Kier molecular flexibility index (Phi) is 3.70. The van der Waals surface area contributed by atoms with E-state index in [4.69, 9.17) is 5.11 Å². The third-order valence-electron chi connectivity index (χ3n) is 3.43. The maximum Gasteiger partial charge on any atom is 0.251 e. The quantitative estimate of drug-likeness (QED) is 0.776. The molecule has 1 atom stereocenters. The summed E-state index contributed by atoms with van der Waals surface area (Å²) in [5.41, 5.74) is 1.43. The predicted octanol–water partition coefficient (Wildman–Crippen LogP) is 1.46. The Hall–Kier alpha value is -2.21. The van der Waals surface area contributed by atoms with Crippen molar-refractivity contribution >= 4 is 5.91 Å². The zero-order valence-corrected chi connectivity index (χ0v) is 11.8. The largest absolute Gasteiger partial charge is 0.392 e. The van der Waals surface area contributed by atoms with Crippen LogP contribution in [0, 0.1) is 0 Å². The number of H-pyrrole nitrogens is 1. The van der Waals surface area contributed by atoms with E-state index in [-0.39, 0.29) is 12.5 Å². The Morgan fingerprint density at radius 1 is 1.43 bits per heavy atom. The minimum Gasteiger partial charge on any atom is -0.392 e. The molecular weight excluding hydrogens is 268 g/mol. The van der Waals surface area contributed by atoms with Gasteiger partial charge < -0.3 is 10.4 Å². The molecule has 1 aromatic heterocycles. The van der Waals surface area contributed by atoms with Gasteiger partial charge in [0.1, 0.15) is 5.82 Å². The molecule has 1 saturated carbocycles. The molecule has 3 N–H and O–H groups in total. The molecule has 1 aliphatic rings. The van der Waals surface area contributed by atoms with E-state index in [1.165, 1.54) is 12.8 Å². The summed E-state index contributed by atoms with van der Waals surface area (Å²) in [6.45, 7) is 1.87. The van der Waals surface area contributed by atoms with Gasteiger partial charge in [-0.05, 0) is 31.9 Å². The molecule has 2 aromatic rings. The number of aliphatic hydroxyl groups is 1. The van der Waals surface area contributed by atoms with Crippen molar-refractivity contribution in [3.63, 3.8) is 0 Å². The van der Waals surface area contributed by atoms with Gasteiger partial charge in [0, 0.05) is 23.6 Å². The van der Waals surface area contributed by atoms with Gasteiger partial charge in [-0.15, -0.1) is 0 Å². The molecule has 110 valence electrons. The van der Waals surface area contributed by atoms with Crippen molar-refractivity contribution in [1.82, 2.24) is 20.5 Å². The van der Waals surface area contributed by atoms with E-state index in [0.29, 0.717) is 17.3 Å². The van der Waals surface area contributed by atoms with E-state index >= 15 is 0 Å². The van der Waals surface area contributed by atoms with Crippen LogP contribution in [-0.4, -0.2) is 38.8 Å². The number of nitrogens with zero attached hydrogens (tertiary/aromatic N) is 2. The SMILES string of the molecule is CC(O)CNC(=O)c1ccc(-c2n[nH]c(C3CC3)n2)cc1. The fourth-order valence-corrected chi connectivity index (χ4v) is 2.06. The molecule has 6 heteroatoms. The second-order valence-corrected chi connectivity index (χ2v) is 5.45. The highest BCUT2D eigenvalue weighted by Gasteiger charge is 2.27. The molecule has 0 bridgehead atoms. The molecule has 21 heavy (non-hydrogen) atoms. The number of nitrogens with one attached hydrogen (secondary N) is 2. The predicted molar refractivity (Wildman–Crippen MR) is 77.8 cm³/mol. The van der Waals surface area contributed by atoms with Gasteiger partial charge in [0.05, 0.1) is 6.10 Å². The summed E-state index contributed by atoms with van der Waals surface area (Å²) in [6, 6.07) is 7.13. The molecule has 0 aliphatic heterocycles. The van der Waals surface area contributed by atoms with Gasteiger partial charge in [-0.3, -0.25) is 9.89 Å². The summed E-state index contributed by atoms with van der Waals surface area (Å²) >= 11 is 0. The Morgan fingerprint density at radius 2 is 2.14 bits per heavy atom. The summed E-state index contributed by atoms with van der Waals surface area (Å²) < 4.78 is 0. The van der Waals surface area contributed by atoms with Gasteiger partial charge in [0.25, 0.3) is 5.91 Å². The highest BCUT2D eigenvalue weighted by molar-refractivity contribution is 5.94. The van der Waals surface area contributed by atoms with Crippen molar-refractivity contribution in [2.45, 2.75) is 31.8 Å². The maximum atomic E-state index is 11.8. The van der Waals surface area contributed by atoms with Crippen LogP contribution in [0.15, 0.2) is 24.3 Å². The first-order valence-electron chi connectivity index (χ1n) is 7.12. The number of hydrogen-bond donors (Lipinski definition) is 3. The second-order valence-electron chi connectivity index (χ2n) is 5.45. The van der Waals surface area contributed by atoms with Crippen LogP contribution in [0.1, 0.15) is 41.9 Å². The molecule has 0 radical (unpaired) electrons. The first-order chi connectivity index (χ1) is 10.1. The average molecular weight is 286 g/mol. The van der Waals surface area contributed by atoms with Crippen LogP contribution in [0.25, 0.3) is 11.4 Å². The van der Waals surface area contributed by atoms with Crippen molar-refractivity contribution in [3.05, 3.63) is 35.7 Å². The van der Waals surface area contributed by atoms with Gasteiger partial charge in [0.2, 0.25) is 0 Å². The zero-order valence-electron chi connectivity index (χ0n) is 11.8.